The molecule has 1 atom stereocenters. The maximum Gasteiger partial charge on any atom is 0.459 e. The summed E-state index contributed by atoms with van der Waals surface area (Å²) in [6.07, 6.45) is -0.715. The van der Waals surface area contributed by atoms with Gasteiger partial charge in [-0.3, -0.25) is 0 Å². The second-order valence-electron chi connectivity index (χ2n) is 11.9. The monoisotopic (exact) mass is 732 g/mol. The van der Waals surface area contributed by atoms with Crippen molar-refractivity contribution in [1.29, 1.82) is 0 Å². The van der Waals surface area contributed by atoms with E-state index in [0.29, 0.717) is 12.0 Å². The van der Waals surface area contributed by atoms with E-state index in [-0.39, 0.29) is 48.6 Å². The first-order valence-corrected chi connectivity index (χ1v) is 16.5. The summed E-state index contributed by atoms with van der Waals surface area (Å²) in [6, 6.07) is 16.9. The molecule has 0 aliphatic carbocycles. The third-order valence-corrected chi connectivity index (χ3v) is 7.75. The average Bonchev–Trinajstić information content (AvgIpc) is 3.07. The smallest absolute Gasteiger partial charge is 0.459 e. The largest absolute Gasteiger partial charge is 0.493 e. The minimum atomic E-state index is -6.41. The first kappa shape index (κ1) is 41.2. The zero-order chi connectivity index (χ0) is 37.7. The number of unbranched alkanes of at least 4 members (excludes halogenated alkanes) is 5. The number of carbonyl (C=O) groups excluding carboxylic acids is 2. The summed E-state index contributed by atoms with van der Waals surface area (Å²) in [6.45, 7) is 1.47. The SMILES string of the molecule is CCCCCC[C@H](C)OC(=O)c1ccc(-c2ccc(OC(=O)c3ccc(OCCCCCOCC(F)(F)C(F)(F)C(F)(F)F)cc3F)cc2)cc1. The zero-order valence-corrected chi connectivity index (χ0v) is 28.2. The van der Waals surface area contributed by atoms with Gasteiger partial charge in [-0.25, -0.2) is 14.0 Å². The van der Waals surface area contributed by atoms with Crippen LogP contribution in [0.25, 0.3) is 11.1 Å². The van der Waals surface area contributed by atoms with E-state index in [4.69, 9.17) is 14.2 Å². The van der Waals surface area contributed by atoms with Gasteiger partial charge in [-0.2, -0.15) is 30.7 Å². The molecule has 0 bridgehead atoms. The van der Waals surface area contributed by atoms with Gasteiger partial charge in [-0.15, -0.1) is 0 Å². The Morgan fingerprint density at radius 1 is 0.706 bits per heavy atom. The molecule has 0 radical (unpaired) electrons. The molecule has 0 saturated heterocycles. The molecule has 0 heterocycles. The van der Waals surface area contributed by atoms with Crippen LogP contribution in [-0.4, -0.2) is 55.9 Å². The van der Waals surface area contributed by atoms with Crippen LogP contribution < -0.4 is 9.47 Å². The number of rotatable bonds is 20. The number of benzene rings is 3. The summed E-state index contributed by atoms with van der Waals surface area (Å²) >= 11 is 0. The lowest BCUT2D eigenvalue weighted by Gasteiger charge is -2.27. The molecule has 0 aliphatic heterocycles. The van der Waals surface area contributed by atoms with E-state index in [1.807, 2.05) is 6.92 Å². The lowest BCUT2D eigenvalue weighted by atomic mass is 10.0. The first-order valence-electron chi connectivity index (χ1n) is 16.5. The van der Waals surface area contributed by atoms with Crippen LogP contribution in [0.4, 0.5) is 35.1 Å². The Hall–Kier alpha value is -4.20. The van der Waals surface area contributed by atoms with Crippen molar-refractivity contribution in [2.45, 2.75) is 89.3 Å². The molecule has 0 spiro atoms. The van der Waals surface area contributed by atoms with Gasteiger partial charge in [0.25, 0.3) is 0 Å². The van der Waals surface area contributed by atoms with Gasteiger partial charge in [-0.1, -0.05) is 50.5 Å². The minimum absolute atomic E-state index is 0.0309. The van der Waals surface area contributed by atoms with Crippen molar-refractivity contribution >= 4 is 11.9 Å². The summed E-state index contributed by atoms with van der Waals surface area (Å²) < 4.78 is 124. The summed E-state index contributed by atoms with van der Waals surface area (Å²) in [5.41, 5.74) is 1.67. The third kappa shape index (κ3) is 12.2. The van der Waals surface area contributed by atoms with Gasteiger partial charge in [0.05, 0.1) is 23.8 Å². The maximum atomic E-state index is 14.7. The molecule has 3 aromatic rings. The molecule has 0 fully saturated rings. The second-order valence-corrected chi connectivity index (χ2v) is 11.9. The summed E-state index contributed by atoms with van der Waals surface area (Å²) in [5.74, 6) is -13.6. The molecule has 51 heavy (non-hydrogen) atoms. The van der Waals surface area contributed by atoms with Crippen molar-refractivity contribution in [1.82, 2.24) is 0 Å². The van der Waals surface area contributed by atoms with E-state index < -0.39 is 43.0 Å². The lowest BCUT2D eigenvalue weighted by molar-refractivity contribution is -0.361. The van der Waals surface area contributed by atoms with Gasteiger partial charge in [-0.05, 0) is 86.6 Å². The minimum Gasteiger partial charge on any atom is -0.493 e. The molecular formula is C37H40F8O6. The lowest BCUT2D eigenvalue weighted by Crippen LogP contribution is -2.54. The van der Waals surface area contributed by atoms with E-state index >= 15 is 0 Å². The van der Waals surface area contributed by atoms with Crippen LogP contribution >= 0.6 is 0 Å². The van der Waals surface area contributed by atoms with Gasteiger partial charge in [0, 0.05) is 12.7 Å². The number of esters is 2. The van der Waals surface area contributed by atoms with Crippen molar-refractivity contribution in [2.75, 3.05) is 19.8 Å². The highest BCUT2D eigenvalue weighted by atomic mass is 19.4. The molecule has 0 unspecified atom stereocenters. The Morgan fingerprint density at radius 2 is 1.29 bits per heavy atom. The van der Waals surface area contributed by atoms with E-state index in [0.717, 1.165) is 49.3 Å². The normalized spacial score (nSPS) is 12.7. The molecule has 3 aromatic carbocycles. The van der Waals surface area contributed by atoms with Crippen LogP contribution in [0.15, 0.2) is 66.7 Å². The first-order chi connectivity index (χ1) is 24.1. The number of carbonyl (C=O) groups is 2. The quantitative estimate of drug-likeness (QED) is 0.0499. The third-order valence-electron chi connectivity index (χ3n) is 7.75. The fourth-order valence-electron chi connectivity index (χ4n) is 4.77. The molecule has 3 rings (SSSR count). The molecule has 14 heteroatoms. The Labute approximate surface area is 291 Å². The van der Waals surface area contributed by atoms with Gasteiger partial charge in [0.15, 0.2) is 0 Å². The molecule has 6 nitrogen and oxygen atoms in total. The van der Waals surface area contributed by atoms with Crippen molar-refractivity contribution in [2.24, 2.45) is 0 Å². The van der Waals surface area contributed by atoms with Crippen molar-refractivity contribution < 1.29 is 63.7 Å². The van der Waals surface area contributed by atoms with Crippen LogP contribution in [-0.2, 0) is 9.47 Å². The molecule has 0 saturated carbocycles. The highest BCUT2D eigenvalue weighted by molar-refractivity contribution is 5.92. The Morgan fingerprint density at radius 3 is 1.90 bits per heavy atom. The van der Waals surface area contributed by atoms with Crippen LogP contribution in [0, 0.1) is 5.82 Å². The maximum absolute atomic E-state index is 14.7. The summed E-state index contributed by atoms with van der Waals surface area (Å²) in [5, 5.41) is 0. The number of halogens is 8. The second kappa shape index (κ2) is 18.9. The van der Waals surface area contributed by atoms with E-state index in [2.05, 4.69) is 11.7 Å². The molecule has 0 amide bonds. The van der Waals surface area contributed by atoms with Gasteiger partial charge in [0.1, 0.15) is 23.9 Å². The summed E-state index contributed by atoms with van der Waals surface area (Å²) in [4.78, 5) is 25.1. The van der Waals surface area contributed by atoms with Crippen LogP contribution in [0.3, 0.4) is 0 Å². The fraction of sp³-hybridized carbons (Fsp3) is 0.459. The number of hydrogen-bond donors (Lipinski definition) is 0. The topological polar surface area (TPSA) is 71.1 Å². The molecular weight excluding hydrogens is 692 g/mol. The van der Waals surface area contributed by atoms with Crippen molar-refractivity contribution in [3.05, 3.63) is 83.7 Å². The highest BCUT2D eigenvalue weighted by Gasteiger charge is 2.72. The van der Waals surface area contributed by atoms with Crippen molar-refractivity contribution in [3.8, 4) is 22.6 Å². The zero-order valence-electron chi connectivity index (χ0n) is 28.2. The Kier molecular flexibility index (Phi) is 15.3. The van der Waals surface area contributed by atoms with E-state index in [9.17, 15) is 44.7 Å². The number of ether oxygens (including phenoxy) is 4. The Balaban J connectivity index is 1.40. The van der Waals surface area contributed by atoms with Crippen molar-refractivity contribution in [3.63, 3.8) is 0 Å². The van der Waals surface area contributed by atoms with Gasteiger partial charge in [0.2, 0.25) is 0 Å². The predicted octanol–water partition coefficient (Wildman–Crippen LogP) is 10.6. The van der Waals surface area contributed by atoms with Crippen LogP contribution in [0.1, 0.15) is 85.9 Å². The van der Waals surface area contributed by atoms with E-state index in [1.165, 1.54) is 12.1 Å². The fourth-order valence-corrected chi connectivity index (χ4v) is 4.77. The van der Waals surface area contributed by atoms with Gasteiger partial charge >= 0.3 is 30.0 Å². The number of hydrogen-bond acceptors (Lipinski definition) is 6. The van der Waals surface area contributed by atoms with Gasteiger partial charge < -0.3 is 18.9 Å². The standard InChI is InChI=1S/C37H40F8O6/c1-3-4-5-7-10-25(2)50-33(46)28-13-11-26(12-14-28)27-15-17-29(18-16-27)51-34(47)31-20-19-30(23-32(31)38)49-22-9-6-8-21-48-24-35(39,40)36(41,42)37(43,44)45/h11-20,23,25H,3-10,21-22,24H2,1-2H3/t25-/m0/s1. The average molecular weight is 733 g/mol. The highest BCUT2D eigenvalue weighted by Crippen LogP contribution is 2.46. The van der Waals surface area contributed by atoms with Crippen LogP contribution in [0.2, 0.25) is 0 Å². The van der Waals surface area contributed by atoms with Crippen LogP contribution in [0.5, 0.6) is 11.5 Å². The molecule has 0 N–H and O–H groups in total. The molecule has 0 aromatic heterocycles. The molecule has 0 aliphatic rings. The number of alkyl halides is 7. The molecule has 280 valence electrons. The Bertz CT molecular complexity index is 1540. The van der Waals surface area contributed by atoms with E-state index in [1.54, 1.807) is 48.5 Å². The predicted molar refractivity (Wildman–Crippen MR) is 173 cm³/mol. The summed E-state index contributed by atoms with van der Waals surface area (Å²) in [7, 11) is 0.